The lowest BCUT2D eigenvalue weighted by Crippen LogP contribution is -1.46. The second kappa shape index (κ2) is 4.48. The molecule has 0 N–H and O–H groups in total. The molecule has 1 radical (unpaired) electrons. The van der Waals surface area contributed by atoms with Gasteiger partial charge >= 0.3 is 0 Å². The van der Waals surface area contributed by atoms with Gasteiger partial charge in [0.2, 0.25) is 0 Å². The molecule has 0 unspecified atom stereocenters. The van der Waals surface area contributed by atoms with E-state index in [0.717, 1.165) is 6.42 Å². The monoisotopic (exact) mass is 81.1 g/mol. The van der Waals surface area contributed by atoms with Crippen molar-refractivity contribution in [1.82, 2.24) is 0 Å². The van der Waals surface area contributed by atoms with Crippen LogP contribution in [-0.2, 0) is 0 Å². The van der Waals surface area contributed by atoms with Crippen molar-refractivity contribution >= 4 is 0 Å². The first-order valence-electron chi connectivity index (χ1n) is 1.98. The molecular weight excluding hydrogens is 72.1 g/mol. The SMILES string of the molecule is [CH2]CC=CC=C. The third-order valence-corrected chi connectivity index (χ3v) is 0.439. The maximum absolute atomic E-state index is 3.59. The molecule has 0 atom stereocenters. The van der Waals surface area contributed by atoms with Crippen LogP contribution in [0.4, 0.5) is 0 Å². The Morgan fingerprint density at radius 3 is 2.33 bits per heavy atom. The lowest BCUT2D eigenvalue weighted by atomic mass is 10.4. The molecule has 33 valence electrons. The standard InChI is InChI=1S/C6H9/c1-3-5-6-4-2/h3,5-6H,1-2,4H2. The Bertz CT molecular complexity index is 51.1. The predicted octanol–water partition coefficient (Wildman–Crippen LogP) is 1.95. The zero-order chi connectivity index (χ0) is 4.83. The molecule has 0 aliphatic rings. The summed E-state index contributed by atoms with van der Waals surface area (Å²) in [5, 5.41) is 0. The molecule has 0 fully saturated rings. The zero-order valence-corrected chi connectivity index (χ0v) is 3.85. The quantitative estimate of drug-likeness (QED) is 0.446. The van der Waals surface area contributed by atoms with Gasteiger partial charge in [-0.05, 0) is 13.3 Å². The zero-order valence-electron chi connectivity index (χ0n) is 3.85. The molecule has 0 amide bonds. The summed E-state index contributed by atoms with van der Waals surface area (Å²) in [7, 11) is 0. The third kappa shape index (κ3) is 3.48. The van der Waals surface area contributed by atoms with Crippen LogP contribution in [0, 0.1) is 6.92 Å². The van der Waals surface area contributed by atoms with Gasteiger partial charge in [0, 0.05) is 0 Å². The van der Waals surface area contributed by atoms with Gasteiger partial charge in [-0.1, -0.05) is 24.8 Å². The normalized spacial score (nSPS) is 9.50. The van der Waals surface area contributed by atoms with Gasteiger partial charge in [0.05, 0.1) is 0 Å². The van der Waals surface area contributed by atoms with E-state index in [-0.39, 0.29) is 0 Å². The van der Waals surface area contributed by atoms with Crippen LogP contribution in [0.5, 0.6) is 0 Å². The van der Waals surface area contributed by atoms with E-state index in [1.54, 1.807) is 6.08 Å². The summed E-state index contributed by atoms with van der Waals surface area (Å²) in [4.78, 5) is 0. The van der Waals surface area contributed by atoms with Crippen molar-refractivity contribution in [3.05, 3.63) is 31.7 Å². The van der Waals surface area contributed by atoms with Gasteiger partial charge in [-0.25, -0.2) is 0 Å². The van der Waals surface area contributed by atoms with E-state index in [0.29, 0.717) is 0 Å². The van der Waals surface area contributed by atoms with E-state index < -0.39 is 0 Å². The van der Waals surface area contributed by atoms with E-state index in [1.807, 2.05) is 12.2 Å². The van der Waals surface area contributed by atoms with E-state index in [9.17, 15) is 0 Å². The first-order chi connectivity index (χ1) is 2.91. The first kappa shape index (κ1) is 5.48. The van der Waals surface area contributed by atoms with Crippen LogP contribution >= 0.6 is 0 Å². The summed E-state index contributed by atoms with van der Waals surface area (Å²) >= 11 is 0. The molecule has 0 nitrogen and oxygen atoms in total. The molecule has 0 rings (SSSR count). The van der Waals surface area contributed by atoms with Gasteiger partial charge < -0.3 is 0 Å². The predicted molar refractivity (Wildman–Crippen MR) is 29.3 cm³/mol. The van der Waals surface area contributed by atoms with Crippen molar-refractivity contribution in [3.8, 4) is 0 Å². The number of hydrogen-bond donors (Lipinski definition) is 0. The molecule has 0 aliphatic heterocycles. The van der Waals surface area contributed by atoms with Gasteiger partial charge in [0.1, 0.15) is 0 Å². The summed E-state index contributed by atoms with van der Waals surface area (Å²) in [6.45, 7) is 7.07. The number of allylic oxidation sites excluding steroid dienone is 3. The Balaban J connectivity index is 2.94. The fourth-order valence-corrected chi connectivity index (χ4v) is 0.192. The van der Waals surface area contributed by atoms with Gasteiger partial charge in [-0.3, -0.25) is 0 Å². The summed E-state index contributed by atoms with van der Waals surface area (Å²) in [5.41, 5.74) is 0. The fraction of sp³-hybridized carbons (Fsp3) is 0.167. The van der Waals surface area contributed by atoms with E-state index in [1.165, 1.54) is 0 Å². The minimum atomic E-state index is 0.853. The molecule has 0 aromatic rings. The van der Waals surface area contributed by atoms with Crippen molar-refractivity contribution in [2.45, 2.75) is 6.42 Å². The Morgan fingerprint density at radius 1 is 1.50 bits per heavy atom. The Kier molecular flexibility index (Phi) is 4.09. The molecule has 0 saturated carbocycles. The van der Waals surface area contributed by atoms with Crippen LogP contribution in [0.15, 0.2) is 24.8 Å². The highest BCUT2D eigenvalue weighted by Crippen LogP contribution is 1.76. The van der Waals surface area contributed by atoms with Crippen molar-refractivity contribution in [1.29, 1.82) is 0 Å². The Morgan fingerprint density at radius 2 is 2.17 bits per heavy atom. The van der Waals surface area contributed by atoms with Crippen LogP contribution in [0.2, 0.25) is 0 Å². The van der Waals surface area contributed by atoms with E-state index in [2.05, 4.69) is 13.5 Å². The van der Waals surface area contributed by atoms with Crippen molar-refractivity contribution in [2.24, 2.45) is 0 Å². The average molecular weight is 81.1 g/mol. The van der Waals surface area contributed by atoms with Gasteiger partial charge in [-0.15, -0.1) is 0 Å². The minimum absolute atomic E-state index is 0.853. The summed E-state index contributed by atoms with van der Waals surface area (Å²) in [6, 6.07) is 0. The van der Waals surface area contributed by atoms with E-state index in [4.69, 9.17) is 0 Å². The molecule has 0 heterocycles. The lowest BCUT2D eigenvalue weighted by molar-refractivity contribution is 1.40. The van der Waals surface area contributed by atoms with Crippen molar-refractivity contribution < 1.29 is 0 Å². The number of rotatable bonds is 2. The second-order valence-corrected chi connectivity index (χ2v) is 0.953. The molecule has 6 heavy (non-hydrogen) atoms. The average Bonchev–Trinajstić information content (AvgIpc) is 1.61. The maximum Gasteiger partial charge on any atom is -0.0348 e. The highest BCUT2D eigenvalue weighted by molar-refractivity contribution is 4.97. The summed E-state index contributed by atoms with van der Waals surface area (Å²) in [6.07, 6.45) is 6.43. The van der Waals surface area contributed by atoms with Gasteiger partial charge in [0.15, 0.2) is 0 Å². The topological polar surface area (TPSA) is 0 Å². The van der Waals surface area contributed by atoms with Crippen LogP contribution < -0.4 is 0 Å². The van der Waals surface area contributed by atoms with Crippen LogP contribution in [0.3, 0.4) is 0 Å². The molecule has 0 bridgehead atoms. The Labute approximate surface area is 39.2 Å². The highest BCUT2D eigenvalue weighted by Gasteiger charge is 1.55. The van der Waals surface area contributed by atoms with E-state index >= 15 is 0 Å². The molecule has 0 spiro atoms. The Hall–Kier alpha value is -0.520. The van der Waals surface area contributed by atoms with Crippen LogP contribution in [0.1, 0.15) is 6.42 Å². The largest absolute Gasteiger partial charge is 0.0991 e. The highest BCUT2D eigenvalue weighted by atomic mass is 13.6. The molecule has 0 aromatic heterocycles. The fourth-order valence-electron chi connectivity index (χ4n) is 0.192. The third-order valence-electron chi connectivity index (χ3n) is 0.439. The second-order valence-electron chi connectivity index (χ2n) is 0.953. The maximum atomic E-state index is 3.59. The molecule has 0 heteroatoms. The van der Waals surface area contributed by atoms with Gasteiger partial charge in [-0.2, -0.15) is 0 Å². The summed E-state index contributed by atoms with van der Waals surface area (Å²) in [5.74, 6) is 0. The molecule has 0 saturated heterocycles. The summed E-state index contributed by atoms with van der Waals surface area (Å²) < 4.78 is 0. The number of hydrogen-bond acceptors (Lipinski definition) is 0. The molecule has 0 aliphatic carbocycles. The first-order valence-corrected chi connectivity index (χ1v) is 1.98. The van der Waals surface area contributed by atoms with Crippen molar-refractivity contribution in [3.63, 3.8) is 0 Å². The minimum Gasteiger partial charge on any atom is -0.0991 e. The van der Waals surface area contributed by atoms with Crippen molar-refractivity contribution in [2.75, 3.05) is 0 Å². The molecular formula is C6H9. The van der Waals surface area contributed by atoms with Crippen LogP contribution in [-0.4, -0.2) is 0 Å². The van der Waals surface area contributed by atoms with Crippen LogP contribution in [0.25, 0.3) is 0 Å². The smallest absolute Gasteiger partial charge is 0.0348 e. The van der Waals surface area contributed by atoms with Gasteiger partial charge in [0.25, 0.3) is 0 Å². The molecule has 0 aromatic carbocycles. The lowest BCUT2D eigenvalue weighted by Gasteiger charge is -1.67.